The molecule has 0 fully saturated rings. The minimum atomic E-state index is 0.382. The molecule has 0 unspecified atom stereocenters. The second-order valence-electron chi connectivity index (χ2n) is 1.62. The summed E-state index contributed by atoms with van der Waals surface area (Å²) in [6.07, 6.45) is 0. The average Bonchev–Trinajstić information content (AvgIpc) is 1.65. The molecule has 1 radical (unpaired) electrons. The van der Waals surface area contributed by atoms with Crippen LogP contribution in [0.1, 0.15) is 13.8 Å². The molecular formula is C5H7S2. The first kappa shape index (κ1) is 7.18. The maximum absolute atomic E-state index is 4.76. The first-order valence-electron chi connectivity index (χ1n) is 2.10. The van der Waals surface area contributed by atoms with Gasteiger partial charge in [0.25, 0.3) is 0 Å². The molecule has 0 rings (SSSR count). The highest BCUT2D eigenvalue weighted by molar-refractivity contribution is 7.88. The van der Waals surface area contributed by atoms with Crippen molar-refractivity contribution in [3.05, 3.63) is 0 Å². The van der Waals surface area contributed by atoms with Gasteiger partial charge in [0.15, 0.2) is 0 Å². The molecule has 0 aliphatic carbocycles. The van der Waals surface area contributed by atoms with Gasteiger partial charge in [0, 0.05) is 4.86 Å². The summed E-state index contributed by atoms with van der Waals surface area (Å²) in [6, 6.07) is 0. The van der Waals surface area contributed by atoms with Gasteiger partial charge in [0.05, 0.1) is 5.37 Å². The van der Waals surface area contributed by atoms with Crippen molar-refractivity contribution >= 4 is 34.7 Å². The zero-order valence-electron chi connectivity index (χ0n) is 4.39. The Labute approximate surface area is 54.9 Å². The Morgan fingerprint density at radius 3 is 2.00 bits per heavy atom. The lowest BCUT2D eigenvalue weighted by Crippen LogP contribution is -2.02. The maximum Gasteiger partial charge on any atom is 0.0711 e. The van der Waals surface area contributed by atoms with E-state index >= 15 is 0 Å². The highest BCUT2D eigenvalue weighted by atomic mass is 32.1. The van der Waals surface area contributed by atoms with Crippen LogP contribution in [0.25, 0.3) is 0 Å². The van der Waals surface area contributed by atoms with Crippen molar-refractivity contribution < 1.29 is 0 Å². The summed E-state index contributed by atoms with van der Waals surface area (Å²) in [4.78, 5) is 0.745. The number of rotatable bonds is 2. The Kier molecular flexibility index (Phi) is 3.30. The fraction of sp³-hybridized carbons (Fsp3) is 0.600. The van der Waals surface area contributed by atoms with Gasteiger partial charge in [-0.15, -0.1) is 0 Å². The van der Waals surface area contributed by atoms with Gasteiger partial charge in [-0.1, -0.05) is 38.3 Å². The Bertz CT molecular complexity index is 84.1. The van der Waals surface area contributed by atoms with E-state index in [2.05, 4.69) is 17.6 Å². The molecule has 2 heteroatoms. The van der Waals surface area contributed by atoms with E-state index in [9.17, 15) is 0 Å². The molecule has 0 aromatic carbocycles. The highest BCUT2D eigenvalue weighted by Crippen LogP contribution is 1.93. The molecule has 0 bridgehead atoms. The molecule has 7 heavy (non-hydrogen) atoms. The Balaban J connectivity index is 3.56. The summed E-state index contributed by atoms with van der Waals surface area (Å²) < 4.78 is 0. The maximum atomic E-state index is 4.76. The summed E-state index contributed by atoms with van der Waals surface area (Å²) in [5.41, 5.74) is 0. The predicted molar refractivity (Wildman–Crippen MR) is 40.0 cm³/mol. The van der Waals surface area contributed by atoms with Crippen molar-refractivity contribution in [2.24, 2.45) is 5.92 Å². The van der Waals surface area contributed by atoms with E-state index in [-0.39, 0.29) is 0 Å². The molecule has 0 saturated carbocycles. The molecule has 39 valence electrons. The lowest BCUT2D eigenvalue weighted by atomic mass is 10.2. The minimum Gasteiger partial charge on any atom is -0.0830 e. The van der Waals surface area contributed by atoms with Crippen LogP contribution in [0.5, 0.6) is 0 Å². The molecule has 0 aromatic rings. The van der Waals surface area contributed by atoms with Crippen LogP contribution in [0.15, 0.2) is 0 Å². The van der Waals surface area contributed by atoms with Gasteiger partial charge in [-0.3, -0.25) is 0 Å². The lowest BCUT2D eigenvalue weighted by molar-refractivity contribution is 0.912. The van der Waals surface area contributed by atoms with E-state index < -0.39 is 0 Å². The van der Waals surface area contributed by atoms with Gasteiger partial charge < -0.3 is 0 Å². The third kappa shape index (κ3) is 2.83. The summed E-state index contributed by atoms with van der Waals surface area (Å²) in [7, 11) is 0. The molecule has 0 spiro atoms. The smallest absolute Gasteiger partial charge is 0.0711 e. The summed E-state index contributed by atoms with van der Waals surface area (Å²) in [5, 5.41) is 2.48. The molecule has 0 aliphatic rings. The average molecular weight is 131 g/mol. The predicted octanol–water partition coefficient (Wildman–Crippen LogP) is 1.89. The zero-order chi connectivity index (χ0) is 5.86. The number of hydrogen-bond acceptors (Lipinski definition) is 2. The third-order valence-electron chi connectivity index (χ3n) is 0.625. The number of thiocarbonyl (C=S) groups is 2. The lowest BCUT2D eigenvalue weighted by Gasteiger charge is -1.94. The van der Waals surface area contributed by atoms with Crippen molar-refractivity contribution in [1.29, 1.82) is 0 Å². The van der Waals surface area contributed by atoms with Crippen molar-refractivity contribution in [1.82, 2.24) is 0 Å². The molecule has 0 heterocycles. The molecule has 0 N–H and O–H groups in total. The van der Waals surface area contributed by atoms with Crippen LogP contribution in [0.3, 0.4) is 0 Å². The molecule has 0 atom stereocenters. The quantitative estimate of drug-likeness (QED) is 0.525. The monoisotopic (exact) mass is 131 g/mol. The van der Waals surface area contributed by atoms with Gasteiger partial charge in [-0.05, 0) is 5.92 Å². The topological polar surface area (TPSA) is 0 Å². The fourth-order valence-electron chi connectivity index (χ4n) is 0.118. The van der Waals surface area contributed by atoms with Crippen LogP contribution < -0.4 is 0 Å². The van der Waals surface area contributed by atoms with E-state index in [1.54, 1.807) is 0 Å². The van der Waals surface area contributed by atoms with Crippen LogP contribution in [0.2, 0.25) is 0 Å². The highest BCUT2D eigenvalue weighted by Gasteiger charge is 1.95. The minimum absolute atomic E-state index is 0.382. The molecule has 0 saturated heterocycles. The first-order chi connectivity index (χ1) is 3.18. The van der Waals surface area contributed by atoms with Crippen LogP contribution in [0.4, 0.5) is 0 Å². The van der Waals surface area contributed by atoms with E-state index in [4.69, 9.17) is 12.2 Å². The summed E-state index contributed by atoms with van der Waals surface area (Å²) >= 11 is 9.22. The van der Waals surface area contributed by atoms with Crippen LogP contribution in [-0.4, -0.2) is 10.2 Å². The largest absolute Gasteiger partial charge is 0.0830 e. The Morgan fingerprint density at radius 2 is 2.00 bits per heavy atom. The van der Waals surface area contributed by atoms with E-state index in [1.807, 2.05) is 13.8 Å². The van der Waals surface area contributed by atoms with Gasteiger partial charge in [0.1, 0.15) is 0 Å². The Hall–Kier alpha value is 0.180. The van der Waals surface area contributed by atoms with Gasteiger partial charge in [-0.25, -0.2) is 0 Å². The molecular weight excluding hydrogens is 124 g/mol. The van der Waals surface area contributed by atoms with Crippen LogP contribution in [-0.2, 0) is 0 Å². The molecule has 0 aromatic heterocycles. The zero-order valence-corrected chi connectivity index (χ0v) is 6.03. The second kappa shape index (κ2) is 3.22. The van der Waals surface area contributed by atoms with Gasteiger partial charge >= 0.3 is 0 Å². The fourth-order valence-corrected chi connectivity index (χ4v) is 0.354. The van der Waals surface area contributed by atoms with Gasteiger partial charge in [0.2, 0.25) is 0 Å². The van der Waals surface area contributed by atoms with E-state index in [1.165, 1.54) is 0 Å². The second-order valence-corrected chi connectivity index (χ2v) is 2.26. The van der Waals surface area contributed by atoms with Gasteiger partial charge in [-0.2, -0.15) is 0 Å². The summed E-state index contributed by atoms with van der Waals surface area (Å²) in [5.74, 6) is 0.382. The van der Waals surface area contributed by atoms with Crippen LogP contribution >= 0.6 is 24.4 Å². The molecule has 0 amide bonds. The van der Waals surface area contributed by atoms with E-state index in [0.29, 0.717) is 5.92 Å². The third-order valence-corrected chi connectivity index (χ3v) is 1.55. The molecule has 0 nitrogen and oxygen atoms in total. The van der Waals surface area contributed by atoms with Crippen molar-refractivity contribution in [2.75, 3.05) is 0 Å². The first-order valence-corrected chi connectivity index (χ1v) is 2.92. The number of hydrogen-bond donors (Lipinski definition) is 0. The SMILES string of the molecule is CC(C)C(=S)[C]=S. The normalized spacial score (nSPS) is 9.00. The van der Waals surface area contributed by atoms with Crippen molar-refractivity contribution in [2.45, 2.75) is 13.8 Å². The van der Waals surface area contributed by atoms with Crippen molar-refractivity contribution in [3.63, 3.8) is 0 Å². The summed E-state index contributed by atoms with van der Waals surface area (Å²) in [6.45, 7) is 4.00. The van der Waals surface area contributed by atoms with Crippen LogP contribution in [0, 0.1) is 5.92 Å². The van der Waals surface area contributed by atoms with Crippen molar-refractivity contribution in [3.8, 4) is 0 Å². The Morgan fingerprint density at radius 1 is 1.57 bits per heavy atom. The standard InChI is InChI=1S/C5H7S2/c1-4(2)5(7)3-6/h4H,1-2H3. The van der Waals surface area contributed by atoms with E-state index in [0.717, 1.165) is 4.86 Å². The molecule has 0 aliphatic heterocycles.